The average molecular weight is 451 g/mol. The predicted octanol–water partition coefficient (Wildman–Crippen LogP) is 3.44. The molecule has 4 rings (SSSR count). The molecule has 3 aromatic carbocycles. The SMILES string of the molecule is COc1cccc(CNC(=O)[C@@H]2Cc3ccccc3CN2S(=O)(=O)c2ccc(C)cc2)c1. The maximum atomic E-state index is 13.5. The van der Waals surface area contributed by atoms with E-state index in [1.807, 2.05) is 55.5 Å². The molecule has 0 aromatic heterocycles. The molecule has 1 amide bonds. The van der Waals surface area contributed by atoms with E-state index in [9.17, 15) is 13.2 Å². The molecule has 0 unspecified atom stereocenters. The normalized spacial score (nSPS) is 16.2. The summed E-state index contributed by atoms with van der Waals surface area (Å²) in [7, 11) is -2.27. The molecule has 0 bridgehead atoms. The minimum atomic E-state index is -3.86. The Hall–Kier alpha value is -3.16. The number of amides is 1. The lowest BCUT2D eigenvalue weighted by Crippen LogP contribution is -2.52. The van der Waals surface area contributed by atoms with Crippen molar-refractivity contribution in [3.63, 3.8) is 0 Å². The number of hydrogen-bond acceptors (Lipinski definition) is 4. The van der Waals surface area contributed by atoms with E-state index in [2.05, 4.69) is 5.32 Å². The number of nitrogens with zero attached hydrogens (tertiary/aromatic N) is 1. The first-order valence-corrected chi connectivity index (χ1v) is 11.9. The first-order chi connectivity index (χ1) is 15.4. The summed E-state index contributed by atoms with van der Waals surface area (Å²) < 4.78 is 33.6. The van der Waals surface area contributed by atoms with Crippen LogP contribution in [0.2, 0.25) is 0 Å². The number of sulfonamides is 1. The van der Waals surface area contributed by atoms with Gasteiger partial charge >= 0.3 is 0 Å². The Morgan fingerprint density at radius 1 is 1.03 bits per heavy atom. The van der Waals surface area contributed by atoms with Gasteiger partial charge in [-0.1, -0.05) is 54.1 Å². The number of rotatable bonds is 6. The van der Waals surface area contributed by atoms with Crippen molar-refractivity contribution in [2.75, 3.05) is 7.11 Å². The van der Waals surface area contributed by atoms with Gasteiger partial charge in [-0.05, 0) is 54.3 Å². The smallest absolute Gasteiger partial charge is 0.244 e. The molecule has 1 N–H and O–H groups in total. The van der Waals surface area contributed by atoms with Crippen LogP contribution in [0.4, 0.5) is 0 Å². The van der Waals surface area contributed by atoms with E-state index in [4.69, 9.17) is 4.74 Å². The van der Waals surface area contributed by atoms with Crippen molar-refractivity contribution >= 4 is 15.9 Å². The van der Waals surface area contributed by atoms with Crippen LogP contribution in [0.1, 0.15) is 22.3 Å². The van der Waals surface area contributed by atoms with Gasteiger partial charge in [-0.15, -0.1) is 0 Å². The number of fused-ring (bicyclic) bond motifs is 1. The number of methoxy groups -OCH3 is 1. The van der Waals surface area contributed by atoms with Gasteiger partial charge in [0.15, 0.2) is 0 Å². The van der Waals surface area contributed by atoms with Crippen LogP contribution >= 0.6 is 0 Å². The van der Waals surface area contributed by atoms with Crippen molar-refractivity contribution in [1.29, 1.82) is 0 Å². The number of hydrogen-bond donors (Lipinski definition) is 1. The highest BCUT2D eigenvalue weighted by atomic mass is 32.2. The van der Waals surface area contributed by atoms with Crippen LogP contribution in [0.15, 0.2) is 77.7 Å². The maximum Gasteiger partial charge on any atom is 0.244 e. The van der Waals surface area contributed by atoms with Gasteiger partial charge < -0.3 is 10.1 Å². The van der Waals surface area contributed by atoms with E-state index in [1.54, 1.807) is 31.4 Å². The fourth-order valence-corrected chi connectivity index (χ4v) is 5.48. The molecule has 7 heteroatoms. The van der Waals surface area contributed by atoms with E-state index >= 15 is 0 Å². The third-order valence-corrected chi connectivity index (χ3v) is 7.61. The zero-order chi connectivity index (χ0) is 22.7. The Kier molecular flexibility index (Phi) is 6.30. The molecule has 1 heterocycles. The third-order valence-electron chi connectivity index (χ3n) is 5.74. The number of aryl methyl sites for hydroxylation is 1. The topological polar surface area (TPSA) is 75.7 Å². The van der Waals surface area contributed by atoms with Crippen molar-refractivity contribution in [2.45, 2.75) is 37.4 Å². The number of carbonyl (C=O) groups excluding carboxylic acids is 1. The molecule has 0 aliphatic carbocycles. The minimum absolute atomic E-state index is 0.156. The second kappa shape index (κ2) is 9.14. The fourth-order valence-electron chi connectivity index (χ4n) is 3.91. The summed E-state index contributed by atoms with van der Waals surface area (Å²) in [5, 5.41) is 2.91. The van der Waals surface area contributed by atoms with Crippen molar-refractivity contribution < 1.29 is 17.9 Å². The molecule has 1 aliphatic heterocycles. The van der Waals surface area contributed by atoms with Gasteiger partial charge in [-0.2, -0.15) is 4.31 Å². The van der Waals surface area contributed by atoms with E-state index in [0.29, 0.717) is 12.2 Å². The highest BCUT2D eigenvalue weighted by molar-refractivity contribution is 7.89. The monoisotopic (exact) mass is 450 g/mol. The Morgan fingerprint density at radius 2 is 1.75 bits per heavy atom. The van der Waals surface area contributed by atoms with Gasteiger partial charge in [0.2, 0.25) is 15.9 Å². The zero-order valence-corrected chi connectivity index (χ0v) is 18.9. The Bertz CT molecular complexity index is 1220. The van der Waals surface area contributed by atoms with Crippen LogP contribution in [-0.2, 0) is 34.3 Å². The van der Waals surface area contributed by atoms with Crippen molar-refractivity contribution in [3.05, 3.63) is 95.1 Å². The first-order valence-electron chi connectivity index (χ1n) is 10.4. The first kappa shape index (κ1) is 22.0. The molecule has 1 atom stereocenters. The zero-order valence-electron chi connectivity index (χ0n) is 18.1. The summed E-state index contributed by atoms with van der Waals surface area (Å²) in [6.07, 6.45) is 0.325. The molecule has 1 aliphatic rings. The standard InChI is InChI=1S/C25H26N2O4S/c1-18-10-12-23(13-11-18)32(29,30)27-17-21-8-4-3-7-20(21)15-24(27)25(28)26-16-19-6-5-9-22(14-19)31-2/h3-14,24H,15-17H2,1-2H3,(H,26,28)/t24-/m0/s1. The fraction of sp³-hybridized carbons (Fsp3) is 0.240. The van der Waals surface area contributed by atoms with Gasteiger partial charge in [0.05, 0.1) is 12.0 Å². The minimum Gasteiger partial charge on any atom is -0.497 e. The third kappa shape index (κ3) is 4.54. The van der Waals surface area contributed by atoms with Crippen LogP contribution in [0, 0.1) is 6.92 Å². The lowest BCUT2D eigenvalue weighted by atomic mass is 9.95. The second-order valence-corrected chi connectivity index (χ2v) is 9.81. The molecule has 6 nitrogen and oxygen atoms in total. The largest absolute Gasteiger partial charge is 0.497 e. The van der Waals surface area contributed by atoms with Gasteiger partial charge in [-0.25, -0.2) is 8.42 Å². The average Bonchev–Trinajstić information content (AvgIpc) is 2.82. The summed E-state index contributed by atoms with van der Waals surface area (Å²) in [5.41, 5.74) is 3.76. The highest BCUT2D eigenvalue weighted by Crippen LogP contribution is 2.29. The van der Waals surface area contributed by atoms with Gasteiger partial charge in [0.25, 0.3) is 0 Å². The number of nitrogens with one attached hydrogen (secondary N) is 1. The summed E-state index contributed by atoms with van der Waals surface area (Å²) >= 11 is 0. The molecule has 0 saturated heterocycles. The molecule has 0 spiro atoms. The van der Waals surface area contributed by atoms with Crippen LogP contribution in [0.3, 0.4) is 0 Å². The van der Waals surface area contributed by atoms with Crippen LogP contribution in [0.5, 0.6) is 5.75 Å². The van der Waals surface area contributed by atoms with Crippen LogP contribution in [0.25, 0.3) is 0 Å². The van der Waals surface area contributed by atoms with Gasteiger partial charge in [0, 0.05) is 13.1 Å². The van der Waals surface area contributed by atoms with E-state index in [0.717, 1.165) is 22.3 Å². The lowest BCUT2D eigenvalue weighted by Gasteiger charge is -2.35. The van der Waals surface area contributed by atoms with E-state index in [1.165, 1.54) is 4.31 Å². The van der Waals surface area contributed by atoms with E-state index < -0.39 is 16.1 Å². The molecule has 0 fully saturated rings. The molecule has 32 heavy (non-hydrogen) atoms. The van der Waals surface area contributed by atoms with Crippen molar-refractivity contribution in [3.8, 4) is 5.75 Å². The van der Waals surface area contributed by atoms with Crippen LogP contribution in [-0.4, -0.2) is 31.8 Å². The summed E-state index contributed by atoms with van der Waals surface area (Å²) in [5.74, 6) is 0.380. The summed E-state index contributed by atoms with van der Waals surface area (Å²) in [4.78, 5) is 13.4. The molecular weight excluding hydrogens is 424 g/mol. The van der Waals surface area contributed by atoms with Gasteiger partial charge in [0.1, 0.15) is 11.8 Å². The molecule has 166 valence electrons. The van der Waals surface area contributed by atoms with Crippen molar-refractivity contribution in [2.24, 2.45) is 0 Å². The van der Waals surface area contributed by atoms with Crippen molar-refractivity contribution in [1.82, 2.24) is 9.62 Å². The molecule has 0 saturated carbocycles. The number of carbonyl (C=O) groups is 1. The molecule has 0 radical (unpaired) electrons. The van der Waals surface area contributed by atoms with Gasteiger partial charge in [-0.3, -0.25) is 4.79 Å². The Labute approximate surface area is 188 Å². The molecule has 3 aromatic rings. The molecular formula is C25H26N2O4S. The lowest BCUT2D eigenvalue weighted by molar-refractivity contribution is -0.125. The number of ether oxygens (including phenoxy) is 1. The van der Waals surface area contributed by atoms with E-state index in [-0.39, 0.29) is 23.9 Å². The second-order valence-electron chi connectivity index (χ2n) is 7.92. The number of benzene rings is 3. The quantitative estimate of drug-likeness (QED) is 0.624. The summed E-state index contributed by atoms with van der Waals surface area (Å²) in [6, 6.07) is 21.0. The highest BCUT2D eigenvalue weighted by Gasteiger charge is 2.39. The Morgan fingerprint density at radius 3 is 2.47 bits per heavy atom. The maximum absolute atomic E-state index is 13.5. The predicted molar refractivity (Wildman–Crippen MR) is 123 cm³/mol. The van der Waals surface area contributed by atoms with Crippen LogP contribution < -0.4 is 10.1 Å². The summed E-state index contributed by atoms with van der Waals surface area (Å²) in [6.45, 7) is 2.35. The Balaban J connectivity index is 1.62.